The van der Waals surface area contributed by atoms with Gasteiger partial charge in [-0.3, -0.25) is 24.2 Å². The lowest BCUT2D eigenvalue weighted by molar-refractivity contribution is -0.124. The Labute approximate surface area is 205 Å². The van der Waals surface area contributed by atoms with Crippen LogP contribution in [-0.4, -0.2) is 53.0 Å². The number of hydrogen-bond acceptors (Lipinski definition) is 5. The van der Waals surface area contributed by atoms with Crippen LogP contribution in [0.3, 0.4) is 0 Å². The molecule has 3 amide bonds. The van der Waals surface area contributed by atoms with Crippen molar-refractivity contribution in [2.24, 2.45) is 0 Å². The van der Waals surface area contributed by atoms with Crippen molar-refractivity contribution in [1.29, 1.82) is 0 Å². The Morgan fingerprint density at radius 2 is 1.76 bits per heavy atom. The predicted molar refractivity (Wildman–Crippen MR) is 136 cm³/mol. The average Bonchev–Trinajstić information content (AvgIpc) is 3.06. The zero-order valence-electron chi connectivity index (χ0n) is 20.0. The number of fused-ring (bicyclic) bond motifs is 1. The van der Waals surface area contributed by atoms with Crippen LogP contribution in [0.1, 0.15) is 43.0 Å². The molecule has 4 rings (SSSR count). The smallest absolute Gasteiger partial charge is 0.293 e. The van der Waals surface area contributed by atoms with Crippen molar-refractivity contribution in [3.8, 4) is 0 Å². The lowest BCUT2D eigenvalue weighted by atomic mass is 9.87. The molecule has 2 aromatic rings. The van der Waals surface area contributed by atoms with E-state index in [2.05, 4.69) is 43.1 Å². The molecule has 0 unspecified atom stereocenters. The second kappa shape index (κ2) is 10.2. The summed E-state index contributed by atoms with van der Waals surface area (Å²) in [6, 6.07) is 16.3. The van der Waals surface area contributed by atoms with Crippen LogP contribution in [0.25, 0.3) is 6.08 Å². The van der Waals surface area contributed by atoms with Gasteiger partial charge in [-0.2, -0.15) is 0 Å². The number of carbonyl (C=O) groups is 3. The van der Waals surface area contributed by atoms with E-state index in [0.29, 0.717) is 11.4 Å². The molecule has 7 heteroatoms. The molecule has 2 aliphatic rings. The Kier molecular flexibility index (Phi) is 7.24. The van der Waals surface area contributed by atoms with E-state index in [9.17, 15) is 14.4 Å². The number of benzene rings is 2. The van der Waals surface area contributed by atoms with E-state index < -0.39 is 0 Å². The molecular formula is C27H31N3O3S. The molecule has 1 saturated heterocycles. The Balaban J connectivity index is 1.27. The van der Waals surface area contributed by atoms with Crippen molar-refractivity contribution >= 4 is 34.9 Å². The van der Waals surface area contributed by atoms with Crippen LogP contribution in [0.2, 0.25) is 0 Å². The number of imide groups is 1. The Morgan fingerprint density at radius 1 is 1.06 bits per heavy atom. The van der Waals surface area contributed by atoms with Gasteiger partial charge < -0.3 is 5.32 Å². The number of rotatable bonds is 6. The van der Waals surface area contributed by atoms with Crippen molar-refractivity contribution < 1.29 is 14.4 Å². The quantitative estimate of drug-likeness (QED) is 0.632. The molecule has 178 valence electrons. The van der Waals surface area contributed by atoms with Gasteiger partial charge in [0.05, 0.1) is 11.4 Å². The Morgan fingerprint density at radius 3 is 2.47 bits per heavy atom. The highest BCUT2D eigenvalue weighted by Gasteiger charge is 2.34. The summed E-state index contributed by atoms with van der Waals surface area (Å²) in [5.74, 6) is -0.405. The van der Waals surface area contributed by atoms with Gasteiger partial charge in [0, 0.05) is 26.2 Å². The van der Waals surface area contributed by atoms with Gasteiger partial charge >= 0.3 is 0 Å². The summed E-state index contributed by atoms with van der Waals surface area (Å²) in [4.78, 5) is 41.3. The predicted octanol–water partition coefficient (Wildman–Crippen LogP) is 4.19. The first-order chi connectivity index (χ1) is 16.2. The largest absolute Gasteiger partial charge is 0.353 e. The van der Waals surface area contributed by atoms with E-state index in [1.54, 1.807) is 6.08 Å². The van der Waals surface area contributed by atoms with Crippen LogP contribution < -0.4 is 5.32 Å². The van der Waals surface area contributed by atoms with E-state index in [1.807, 2.05) is 36.4 Å². The van der Waals surface area contributed by atoms with E-state index in [0.717, 1.165) is 36.8 Å². The van der Waals surface area contributed by atoms with Gasteiger partial charge in [-0.05, 0) is 51.9 Å². The molecule has 0 bridgehead atoms. The van der Waals surface area contributed by atoms with Gasteiger partial charge in [-0.15, -0.1) is 0 Å². The number of amides is 3. The summed E-state index contributed by atoms with van der Waals surface area (Å²) in [6.07, 6.45) is 2.69. The summed E-state index contributed by atoms with van der Waals surface area (Å²) in [6.45, 7) is 8.77. The van der Waals surface area contributed by atoms with Crippen LogP contribution in [0.4, 0.5) is 4.79 Å². The van der Waals surface area contributed by atoms with Gasteiger partial charge in [0.15, 0.2) is 0 Å². The first-order valence-corrected chi connectivity index (χ1v) is 12.4. The molecule has 0 aliphatic carbocycles. The van der Waals surface area contributed by atoms with E-state index in [-0.39, 0.29) is 35.6 Å². The number of nitrogens with one attached hydrogen (secondary N) is 1. The van der Waals surface area contributed by atoms with Gasteiger partial charge in [0.25, 0.3) is 11.1 Å². The molecule has 2 aliphatic heterocycles. The molecule has 0 radical (unpaired) electrons. The Hall–Kier alpha value is -2.90. The average molecular weight is 478 g/mol. The molecule has 1 N–H and O–H groups in total. The van der Waals surface area contributed by atoms with Crippen molar-refractivity contribution in [3.63, 3.8) is 0 Å². The highest BCUT2D eigenvalue weighted by atomic mass is 32.2. The lowest BCUT2D eigenvalue weighted by Gasteiger charge is -2.28. The minimum absolute atomic E-state index is 0.0548. The van der Waals surface area contributed by atoms with E-state index >= 15 is 0 Å². The van der Waals surface area contributed by atoms with Gasteiger partial charge in [-0.25, -0.2) is 0 Å². The lowest BCUT2D eigenvalue weighted by Crippen LogP contribution is -2.42. The molecule has 6 nitrogen and oxygen atoms in total. The summed E-state index contributed by atoms with van der Waals surface area (Å²) >= 11 is 0.945. The first-order valence-electron chi connectivity index (χ1n) is 11.6. The third-order valence-electron chi connectivity index (χ3n) is 6.18. The van der Waals surface area contributed by atoms with Crippen molar-refractivity contribution in [2.45, 2.75) is 39.2 Å². The van der Waals surface area contributed by atoms with Crippen LogP contribution in [0.5, 0.6) is 0 Å². The third kappa shape index (κ3) is 5.77. The summed E-state index contributed by atoms with van der Waals surface area (Å²) < 4.78 is 0. The zero-order valence-corrected chi connectivity index (χ0v) is 20.8. The maximum absolute atomic E-state index is 12.8. The monoisotopic (exact) mass is 477 g/mol. The number of thioether (sulfide) groups is 1. The number of nitrogens with zero attached hydrogens (tertiary/aromatic N) is 2. The molecule has 0 atom stereocenters. The minimum atomic E-state index is -0.309. The molecule has 34 heavy (non-hydrogen) atoms. The number of carbonyl (C=O) groups excluding carboxylic acids is 3. The molecule has 2 heterocycles. The molecule has 1 fully saturated rings. The van der Waals surface area contributed by atoms with Gasteiger partial charge in [0.2, 0.25) is 5.91 Å². The normalized spacial score (nSPS) is 17.9. The van der Waals surface area contributed by atoms with E-state index in [1.165, 1.54) is 21.6 Å². The fourth-order valence-electron chi connectivity index (χ4n) is 4.18. The van der Waals surface area contributed by atoms with Crippen molar-refractivity contribution in [1.82, 2.24) is 15.1 Å². The fraction of sp³-hybridized carbons (Fsp3) is 0.370. The SMILES string of the molecule is CC(C)(C)c1ccc(/C=C2/SC(=O)N(CCNC(=O)CN3CCc4ccccc4C3)C2=O)cc1. The maximum Gasteiger partial charge on any atom is 0.293 e. The molecule has 0 saturated carbocycles. The van der Waals surface area contributed by atoms with Gasteiger partial charge in [0.1, 0.15) is 0 Å². The highest BCUT2D eigenvalue weighted by molar-refractivity contribution is 8.18. The standard InChI is InChI=1S/C27H31N3O3S/c1-27(2,3)22-10-8-19(9-11-22)16-23-25(32)30(26(33)34-23)15-13-28-24(31)18-29-14-12-20-6-4-5-7-21(20)17-29/h4-11,16H,12-15,17-18H2,1-3H3,(H,28,31)/b23-16+. The Bertz CT molecular complexity index is 1120. The first kappa shape index (κ1) is 24.2. The maximum atomic E-state index is 12.8. The van der Waals surface area contributed by atoms with Crippen molar-refractivity contribution in [3.05, 3.63) is 75.7 Å². The topological polar surface area (TPSA) is 69.7 Å². The third-order valence-corrected chi connectivity index (χ3v) is 7.09. The van der Waals surface area contributed by atoms with Crippen LogP contribution in [0.15, 0.2) is 53.4 Å². The fourth-order valence-corrected chi connectivity index (χ4v) is 5.04. The second-order valence-corrected chi connectivity index (χ2v) is 10.8. The van der Waals surface area contributed by atoms with Crippen LogP contribution in [-0.2, 0) is 28.0 Å². The zero-order chi connectivity index (χ0) is 24.3. The van der Waals surface area contributed by atoms with E-state index in [4.69, 9.17) is 0 Å². The van der Waals surface area contributed by atoms with Crippen LogP contribution >= 0.6 is 11.8 Å². The van der Waals surface area contributed by atoms with Crippen molar-refractivity contribution in [2.75, 3.05) is 26.2 Å². The summed E-state index contributed by atoms with van der Waals surface area (Å²) in [5.41, 5.74) is 4.76. The molecule has 0 spiro atoms. The van der Waals surface area contributed by atoms with Gasteiger partial charge in [-0.1, -0.05) is 69.3 Å². The summed E-state index contributed by atoms with van der Waals surface area (Å²) in [7, 11) is 0. The van der Waals surface area contributed by atoms with Crippen LogP contribution in [0, 0.1) is 0 Å². The second-order valence-electron chi connectivity index (χ2n) is 9.78. The minimum Gasteiger partial charge on any atom is -0.353 e. The molecule has 0 aromatic heterocycles. The highest BCUT2D eigenvalue weighted by Crippen LogP contribution is 2.32. The molecular weight excluding hydrogens is 446 g/mol. The molecule has 2 aromatic carbocycles. The summed E-state index contributed by atoms with van der Waals surface area (Å²) in [5, 5.41) is 2.55. The number of hydrogen-bond donors (Lipinski definition) is 1.